The van der Waals surface area contributed by atoms with Crippen LogP contribution in [0.3, 0.4) is 0 Å². The molecule has 156 valence electrons. The summed E-state index contributed by atoms with van der Waals surface area (Å²) in [5.74, 6) is -0.239. The topological polar surface area (TPSA) is 90.5 Å². The summed E-state index contributed by atoms with van der Waals surface area (Å²) in [5, 5.41) is 9.66. The van der Waals surface area contributed by atoms with Crippen LogP contribution in [0.25, 0.3) is 0 Å². The molecule has 0 unspecified atom stereocenters. The van der Waals surface area contributed by atoms with E-state index in [9.17, 15) is 14.4 Å². The number of hydrogen-bond donors (Lipinski definition) is 3. The van der Waals surface area contributed by atoms with Gasteiger partial charge in [0.15, 0.2) is 0 Å². The van der Waals surface area contributed by atoms with Crippen molar-refractivity contribution >= 4 is 23.4 Å². The minimum Gasteiger partial charge on any atom is -0.362 e. The fourth-order valence-electron chi connectivity index (χ4n) is 4.75. The Morgan fingerprint density at radius 3 is 2.72 bits per heavy atom. The summed E-state index contributed by atoms with van der Waals surface area (Å²) in [6, 6.07) is 5.44. The van der Waals surface area contributed by atoms with Gasteiger partial charge < -0.3 is 20.9 Å². The Labute approximate surface area is 171 Å². The van der Waals surface area contributed by atoms with Crippen LogP contribution in [0.15, 0.2) is 18.2 Å². The molecule has 0 bridgehead atoms. The summed E-state index contributed by atoms with van der Waals surface area (Å²) in [6.45, 7) is 4.21. The van der Waals surface area contributed by atoms with E-state index in [-0.39, 0.29) is 30.2 Å². The molecular formula is C22H30N4O3. The van der Waals surface area contributed by atoms with Crippen LogP contribution < -0.4 is 16.0 Å². The predicted octanol–water partition coefficient (Wildman–Crippen LogP) is 2.31. The average Bonchev–Trinajstić information content (AvgIpc) is 3.13. The highest BCUT2D eigenvalue weighted by atomic mass is 16.2. The Morgan fingerprint density at radius 2 is 1.97 bits per heavy atom. The molecule has 2 fully saturated rings. The van der Waals surface area contributed by atoms with Gasteiger partial charge in [-0.1, -0.05) is 18.9 Å². The van der Waals surface area contributed by atoms with Gasteiger partial charge in [-0.2, -0.15) is 0 Å². The third-order valence-corrected chi connectivity index (χ3v) is 6.56. The summed E-state index contributed by atoms with van der Waals surface area (Å²) in [6.07, 6.45) is 5.68. The van der Waals surface area contributed by atoms with Crippen LogP contribution in [-0.2, 0) is 9.59 Å². The quantitative estimate of drug-likeness (QED) is 0.729. The Hall–Kier alpha value is -2.57. The maximum absolute atomic E-state index is 12.8. The first-order chi connectivity index (χ1) is 13.9. The summed E-state index contributed by atoms with van der Waals surface area (Å²) in [7, 11) is 0. The lowest BCUT2D eigenvalue weighted by molar-refractivity contribution is -0.139. The van der Waals surface area contributed by atoms with Crippen molar-refractivity contribution in [3.8, 4) is 0 Å². The zero-order chi connectivity index (χ0) is 20.6. The number of carbonyl (C=O) groups is 3. The normalized spacial score (nSPS) is 25.8. The number of nitrogens with zero attached hydrogens (tertiary/aromatic N) is 1. The second-order valence-corrected chi connectivity index (χ2v) is 8.71. The largest absolute Gasteiger partial charge is 0.362 e. The fourth-order valence-corrected chi connectivity index (χ4v) is 4.75. The van der Waals surface area contributed by atoms with Crippen molar-refractivity contribution in [3.63, 3.8) is 0 Å². The second kappa shape index (κ2) is 7.69. The number of carbonyl (C=O) groups excluding carboxylic acids is 3. The fraction of sp³-hybridized carbons (Fsp3) is 0.591. The van der Waals surface area contributed by atoms with Gasteiger partial charge in [-0.3, -0.25) is 14.4 Å². The molecule has 1 aromatic rings. The molecule has 0 radical (unpaired) electrons. The number of anilines is 1. The van der Waals surface area contributed by atoms with E-state index in [4.69, 9.17) is 0 Å². The molecule has 1 saturated carbocycles. The zero-order valence-electron chi connectivity index (χ0n) is 17.2. The van der Waals surface area contributed by atoms with Gasteiger partial charge in [0.2, 0.25) is 11.8 Å². The molecule has 2 heterocycles. The molecule has 1 aromatic carbocycles. The number of benzene rings is 1. The third kappa shape index (κ3) is 3.95. The van der Waals surface area contributed by atoms with Crippen molar-refractivity contribution in [1.29, 1.82) is 0 Å². The van der Waals surface area contributed by atoms with Gasteiger partial charge in [-0.05, 0) is 50.8 Å². The Morgan fingerprint density at radius 1 is 1.21 bits per heavy atom. The first-order valence-electron chi connectivity index (χ1n) is 10.7. The van der Waals surface area contributed by atoms with E-state index in [1.807, 2.05) is 25.1 Å². The molecule has 29 heavy (non-hydrogen) atoms. The molecule has 7 heteroatoms. The first kappa shape index (κ1) is 19.7. The second-order valence-electron chi connectivity index (χ2n) is 8.71. The van der Waals surface area contributed by atoms with Crippen LogP contribution in [0.5, 0.6) is 0 Å². The molecule has 7 nitrogen and oxygen atoms in total. The summed E-state index contributed by atoms with van der Waals surface area (Å²) in [4.78, 5) is 39.8. The molecule has 0 aromatic heterocycles. The molecule has 1 aliphatic carbocycles. The Kier molecular flexibility index (Phi) is 5.23. The lowest BCUT2D eigenvalue weighted by Crippen LogP contribution is -2.58. The molecule has 1 spiro atoms. The number of rotatable bonds is 3. The number of aryl methyl sites for hydroxylation is 1. The molecule has 3 amide bonds. The SMILES string of the molecule is Cc1ccc2c(c1)N[C@]1(CCC(=O)N([C@H](C)C(=O)NC3CCCC3)CC1)NC2=O. The molecular weight excluding hydrogens is 368 g/mol. The van der Waals surface area contributed by atoms with E-state index in [1.165, 1.54) is 0 Å². The summed E-state index contributed by atoms with van der Waals surface area (Å²) in [5.41, 5.74) is 1.84. The van der Waals surface area contributed by atoms with E-state index >= 15 is 0 Å². The van der Waals surface area contributed by atoms with Crippen LogP contribution in [0.2, 0.25) is 0 Å². The minimum absolute atomic E-state index is 0.0398. The van der Waals surface area contributed by atoms with E-state index in [1.54, 1.807) is 11.8 Å². The number of likely N-dealkylation sites (tertiary alicyclic amines) is 1. The van der Waals surface area contributed by atoms with Gasteiger partial charge in [-0.15, -0.1) is 0 Å². The monoisotopic (exact) mass is 398 g/mol. The van der Waals surface area contributed by atoms with Crippen molar-refractivity contribution in [2.45, 2.75) is 76.5 Å². The van der Waals surface area contributed by atoms with E-state index < -0.39 is 11.7 Å². The van der Waals surface area contributed by atoms with Gasteiger partial charge >= 0.3 is 0 Å². The van der Waals surface area contributed by atoms with Crippen LogP contribution in [0.1, 0.15) is 67.8 Å². The molecule has 4 rings (SSSR count). The summed E-state index contributed by atoms with van der Waals surface area (Å²) < 4.78 is 0. The lowest BCUT2D eigenvalue weighted by atomic mass is 9.94. The average molecular weight is 399 g/mol. The molecule has 1 saturated heterocycles. The summed E-state index contributed by atoms with van der Waals surface area (Å²) >= 11 is 0. The lowest BCUT2D eigenvalue weighted by Gasteiger charge is -2.40. The van der Waals surface area contributed by atoms with E-state index in [0.717, 1.165) is 36.9 Å². The maximum atomic E-state index is 12.8. The van der Waals surface area contributed by atoms with Gasteiger partial charge in [0.25, 0.3) is 5.91 Å². The zero-order valence-corrected chi connectivity index (χ0v) is 17.2. The van der Waals surface area contributed by atoms with Gasteiger partial charge in [-0.25, -0.2) is 0 Å². The molecule has 3 aliphatic rings. The minimum atomic E-state index is -0.663. The van der Waals surface area contributed by atoms with Crippen LogP contribution in [0, 0.1) is 6.92 Å². The Bertz CT molecular complexity index is 833. The highest BCUT2D eigenvalue weighted by molar-refractivity contribution is 6.02. The Balaban J connectivity index is 1.47. The van der Waals surface area contributed by atoms with Crippen molar-refractivity contribution in [1.82, 2.24) is 15.5 Å². The van der Waals surface area contributed by atoms with Crippen molar-refractivity contribution < 1.29 is 14.4 Å². The van der Waals surface area contributed by atoms with Crippen molar-refractivity contribution in [3.05, 3.63) is 29.3 Å². The van der Waals surface area contributed by atoms with Crippen molar-refractivity contribution in [2.24, 2.45) is 0 Å². The van der Waals surface area contributed by atoms with E-state index in [0.29, 0.717) is 24.9 Å². The highest BCUT2D eigenvalue weighted by Gasteiger charge is 2.42. The molecule has 2 aliphatic heterocycles. The van der Waals surface area contributed by atoms with Crippen LogP contribution in [-0.4, -0.2) is 46.9 Å². The van der Waals surface area contributed by atoms with Crippen LogP contribution in [0.4, 0.5) is 5.69 Å². The third-order valence-electron chi connectivity index (χ3n) is 6.56. The maximum Gasteiger partial charge on any atom is 0.255 e. The highest BCUT2D eigenvalue weighted by Crippen LogP contribution is 2.32. The molecule has 2 atom stereocenters. The number of amides is 3. The van der Waals surface area contributed by atoms with Gasteiger partial charge in [0.1, 0.15) is 11.7 Å². The standard InChI is InChI=1S/C22H30N4O3/c1-14-7-8-17-18(13-14)24-22(25-21(17)29)10-9-19(27)26(12-11-22)15(2)20(28)23-16-5-3-4-6-16/h7-8,13,15-16,24H,3-6,9-12H2,1-2H3,(H,23,28)(H,25,29)/t15-,22-/m1/s1. The van der Waals surface area contributed by atoms with Crippen LogP contribution >= 0.6 is 0 Å². The van der Waals surface area contributed by atoms with Gasteiger partial charge in [0.05, 0.1) is 5.56 Å². The number of nitrogens with one attached hydrogen (secondary N) is 3. The first-order valence-corrected chi connectivity index (χ1v) is 10.7. The predicted molar refractivity (Wildman–Crippen MR) is 110 cm³/mol. The number of hydrogen-bond acceptors (Lipinski definition) is 4. The smallest absolute Gasteiger partial charge is 0.255 e. The van der Waals surface area contributed by atoms with E-state index in [2.05, 4.69) is 16.0 Å². The van der Waals surface area contributed by atoms with Gasteiger partial charge in [0, 0.05) is 31.1 Å². The number of fused-ring (bicyclic) bond motifs is 1. The van der Waals surface area contributed by atoms with Crippen molar-refractivity contribution in [2.75, 3.05) is 11.9 Å². The molecule has 3 N–H and O–H groups in total.